The number of carbonyl (C=O) groups excluding carboxylic acids is 2. The molecule has 0 unspecified atom stereocenters. The molecule has 2 heterocycles. The molecule has 1 N–H and O–H groups in total. The lowest BCUT2D eigenvalue weighted by Crippen LogP contribution is -2.33. The zero-order valence-electron chi connectivity index (χ0n) is 17.8. The minimum Gasteiger partial charge on any atom is -0.345 e. The number of aromatic nitrogens is 2. The first-order valence-electron chi connectivity index (χ1n) is 10.8. The van der Waals surface area contributed by atoms with Gasteiger partial charge in [0.25, 0.3) is 11.8 Å². The SMILES string of the molecule is CCCN(CCC)C(=O)c1nc(C(=O)NCc2cccc(C)c2)n2c1CCCC2. The molecular formula is C23H32N4O2. The third-order valence-electron chi connectivity index (χ3n) is 5.33. The Bertz CT molecular complexity index is 866. The van der Waals surface area contributed by atoms with Crippen LogP contribution in [0.4, 0.5) is 0 Å². The number of benzene rings is 1. The maximum Gasteiger partial charge on any atom is 0.287 e. The Hall–Kier alpha value is -2.63. The van der Waals surface area contributed by atoms with Crippen LogP contribution in [-0.4, -0.2) is 39.4 Å². The highest BCUT2D eigenvalue weighted by atomic mass is 16.2. The van der Waals surface area contributed by atoms with Gasteiger partial charge in [-0.2, -0.15) is 0 Å². The fraction of sp³-hybridized carbons (Fsp3) is 0.522. The summed E-state index contributed by atoms with van der Waals surface area (Å²) < 4.78 is 1.96. The quantitative estimate of drug-likeness (QED) is 0.739. The first-order chi connectivity index (χ1) is 14.0. The summed E-state index contributed by atoms with van der Waals surface area (Å²) in [5, 5.41) is 2.98. The second kappa shape index (κ2) is 9.72. The summed E-state index contributed by atoms with van der Waals surface area (Å²) in [5.41, 5.74) is 3.60. The molecule has 2 aromatic rings. The van der Waals surface area contributed by atoms with Gasteiger partial charge in [0.2, 0.25) is 0 Å². The normalized spacial score (nSPS) is 13.1. The third kappa shape index (κ3) is 4.86. The fourth-order valence-corrected chi connectivity index (χ4v) is 3.98. The van der Waals surface area contributed by atoms with Crippen molar-refractivity contribution < 1.29 is 9.59 Å². The van der Waals surface area contributed by atoms with Gasteiger partial charge in [0.1, 0.15) is 5.69 Å². The number of hydrogen-bond acceptors (Lipinski definition) is 3. The lowest BCUT2D eigenvalue weighted by molar-refractivity contribution is 0.0748. The molecule has 0 saturated heterocycles. The summed E-state index contributed by atoms with van der Waals surface area (Å²) in [6, 6.07) is 8.08. The van der Waals surface area contributed by atoms with Crippen molar-refractivity contribution in [1.82, 2.24) is 19.8 Å². The molecular weight excluding hydrogens is 364 g/mol. The van der Waals surface area contributed by atoms with Gasteiger partial charge >= 0.3 is 0 Å². The zero-order chi connectivity index (χ0) is 20.8. The Morgan fingerprint density at radius 1 is 1.17 bits per heavy atom. The molecule has 0 spiro atoms. The van der Waals surface area contributed by atoms with E-state index in [0.29, 0.717) is 31.2 Å². The average molecular weight is 397 g/mol. The van der Waals surface area contributed by atoms with E-state index in [2.05, 4.69) is 30.2 Å². The largest absolute Gasteiger partial charge is 0.345 e. The summed E-state index contributed by atoms with van der Waals surface area (Å²) in [6.07, 6.45) is 4.64. The van der Waals surface area contributed by atoms with Crippen LogP contribution >= 0.6 is 0 Å². The van der Waals surface area contributed by atoms with Gasteiger partial charge < -0.3 is 14.8 Å². The van der Waals surface area contributed by atoms with E-state index < -0.39 is 0 Å². The van der Waals surface area contributed by atoms with E-state index >= 15 is 0 Å². The summed E-state index contributed by atoms with van der Waals surface area (Å²) in [6.45, 7) is 8.80. The highest BCUT2D eigenvalue weighted by Gasteiger charge is 2.29. The van der Waals surface area contributed by atoms with Crippen molar-refractivity contribution in [2.24, 2.45) is 0 Å². The number of nitrogens with one attached hydrogen (secondary N) is 1. The molecule has 0 saturated carbocycles. The van der Waals surface area contributed by atoms with Crippen LogP contribution in [0, 0.1) is 6.92 Å². The molecule has 1 aromatic carbocycles. The number of carbonyl (C=O) groups is 2. The van der Waals surface area contributed by atoms with Gasteiger partial charge in [0.05, 0.1) is 5.69 Å². The molecule has 0 fully saturated rings. The van der Waals surface area contributed by atoms with E-state index in [1.165, 1.54) is 0 Å². The van der Waals surface area contributed by atoms with Crippen LogP contribution in [0.3, 0.4) is 0 Å². The van der Waals surface area contributed by atoms with Gasteiger partial charge in [-0.25, -0.2) is 4.98 Å². The van der Waals surface area contributed by atoms with Crippen molar-refractivity contribution >= 4 is 11.8 Å². The molecule has 2 amide bonds. The number of rotatable bonds is 8. The Kier molecular flexibility index (Phi) is 7.07. The van der Waals surface area contributed by atoms with Gasteiger partial charge in [0.15, 0.2) is 5.82 Å². The van der Waals surface area contributed by atoms with Gasteiger partial charge in [-0.1, -0.05) is 43.7 Å². The summed E-state index contributed by atoms with van der Waals surface area (Å²) in [4.78, 5) is 32.5. The lowest BCUT2D eigenvalue weighted by Gasteiger charge is -2.22. The van der Waals surface area contributed by atoms with E-state index in [-0.39, 0.29) is 11.8 Å². The molecule has 0 aliphatic carbocycles. The second-order valence-corrected chi connectivity index (χ2v) is 7.80. The predicted octanol–water partition coefficient (Wildman–Crippen LogP) is 3.72. The Morgan fingerprint density at radius 2 is 1.93 bits per heavy atom. The summed E-state index contributed by atoms with van der Waals surface area (Å²) >= 11 is 0. The molecule has 1 aliphatic rings. The molecule has 0 bridgehead atoms. The van der Waals surface area contributed by atoms with Crippen LogP contribution in [-0.2, 0) is 19.5 Å². The Labute approximate surface area is 173 Å². The Morgan fingerprint density at radius 3 is 2.62 bits per heavy atom. The molecule has 1 aromatic heterocycles. The molecule has 1 aliphatic heterocycles. The monoisotopic (exact) mass is 396 g/mol. The molecule has 29 heavy (non-hydrogen) atoms. The number of aryl methyl sites for hydroxylation is 1. The first kappa shape index (κ1) is 21.1. The molecule has 6 heteroatoms. The topological polar surface area (TPSA) is 67.2 Å². The van der Waals surface area contributed by atoms with Crippen molar-refractivity contribution in [3.05, 3.63) is 52.6 Å². The van der Waals surface area contributed by atoms with Crippen LogP contribution in [0.15, 0.2) is 24.3 Å². The number of hydrogen-bond donors (Lipinski definition) is 1. The maximum absolute atomic E-state index is 13.2. The summed E-state index contributed by atoms with van der Waals surface area (Å²) in [5.74, 6) is 0.104. The fourth-order valence-electron chi connectivity index (χ4n) is 3.98. The van der Waals surface area contributed by atoms with Crippen molar-refractivity contribution in [3.8, 4) is 0 Å². The highest BCUT2D eigenvalue weighted by Crippen LogP contribution is 2.22. The zero-order valence-corrected chi connectivity index (χ0v) is 17.8. The lowest BCUT2D eigenvalue weighted by atomic mass is 10.1. The van der Waals surface area contributed by atoms with Gasteiger partial charge in [-0.3, -0.25) is 9.59 Å². The van der Waals surface area contributed by atoms with Gasteiger partial charge in [-0.05, 0) is 44.6 Å². The van der Waals surface area contributed by atoms with E-state index in [1.807, 2.05) is 34.6 Å². The van der Waals surface area contributed by atoms with Gasteiger partial charge in [0, 0.05) is 26.2 Å². The first-order valence-corrected chi connectivity index (χ1v) is 10.8. The van der Waals surface area contributed by atoms with E-state index in [0.717, 1.165) is 55.5 Å². The molecule has 0 radical (unpaired) electrons. The van der Waals surface area contributed by atoms with Crippen LogP contribution in [0.25, 0.3) is 0 Å². The number of fused-ring (bicyclic) bond motifs is 1. The third-order valence-corrected chi connectivity index (χ3v) is 5.33. The molecule has 0 atom stereocenters. The van der Waals surface area contributed by atoms with E-state index in [1.54, 1.807) is 0 Å². The van der Waals surface area contributed by atoms with Crippen LogP contribution in [0.5, 0.6) is 0 Å². The predicted molar refractivity (Wildman–Crippen MR) is 114 cm³/mol. The average Bonchev–Trinajstić information content (AvgIpc) is 3.11. The second-order valence-electron chi connectivity index (χ2n) is 7.80. The minimum atomic E-state index is -0.216. The van der Waals surface area contributed by atoms with Crippen molar-refractivity contribution in [2.75, 3.05) is 13.1 Å². The molecule has 156 valence electrons. The van der Waals surface area contributed by atoms with E-state index in [4.69, 9.17) is 0 Å². The van der Waals surface area contributed by atoms with Crippen LogP contribution in [0.1, 0.15) is 77.5 Å². The van der Waals surface area contributed by atoms with Crippen LogP contribution < -0.4 is 5.32 Å². The highest BCUT2D eigenvalue weighted by molar-refractivity contribution is 5.97. The molecule has 3 rings (SSSR count). The summed E-state index contributed by atoms with van der Waals surface area (Å²) in [7, 11) is 0. The smallest absolute Gasteiger partial charge is 0.287 e. The minimum absolute atomic E-state index is 0.0444. The van der Waals surface area contributed by atoms with Gasteiger partial charge in [-0.15, -0.1) is 0 Å². The van der Waals surface area contributed by atoms with Crippen molar-refractivity contribution in [2.45, 2.75) is 66.0 Å². The number of nitrogens with zero attached hydrogens (tertiary/aromatic N) is 3. The standard InChI is InChI=1S/C23H32N4O2/c1-4-12-26(13-5-2)23(29)20-19-11-6-7-14-27(19)21(25-20)22(28)24-16-18-10-8-9-17(3)15-18/h8-10,15H,4-7,11-14,16H2,1-3H3,(H,24,28). The number of amides is 2. The number of imidazole rings is 1. The van der Waals surface area contributed by atoms with E-state index in [9.17, 15) is 9.59 Å². The van der Waals surface area contributed by atoms with Crippen LogP contribution in [0.2, 0.25) is 0 Å². The van der Waals surface area contributed by atoms with Crippen molar-refractivity contribution in [1.29, 1.82) is 0 Å². The Balaban J connectivity index is 1.83. The van der Waals surface area contributed by atoms with Crippen molar-refractivity contribution in [3.63, 3.8) is 0 Å². The molecule has 6 nitrogen and oxygen atoms in total. The maximum atomic E-state index is 13.2.